The Kier molecular flexibility index (Phi) is 5.96. The van der Waals surface area contributed by atoms with Crippen molar-refractivity contribution in [2.24, 2.45) is 0 Å². The first kappa shape index (κ1) is 19.3. The van der Waals surface area contributed by atoms with Crippen LogP contribution in [-0.4, -0.2) is 50.9 Å². The summed E-state index contributed by atoms with van der Waals surface area (Å²) in [6.07, 6.45) is 0. The first-order chi connectivity index (χ1) is 12.4. The molecule has 2 aromatic carbocycles. The smallest absolute Gasteiger partial charge is 0.243 e. The van der Waals surface area contributed by atoms with Gasteiger partial charge in [0.25, 0.3) is 0 Å². The van der Waals surface area contributed by atoms with Crippen LogP contribution in [0.25, 0.3) is 0 Å². The van der Waals surface area contributed by atoms with Gasteiger partial charge in [-0.05, 0) is 42.5 Å². The van der Waals surface area contributed by atoms with Crippen molar-refractivity contribution in [1.82, 2.24) is 9.21 Å². The Morgan fingerprint density at radius 1 is 1.08 bits per heavy atom. The molecule has 0 aliphatic carbocycles. The lowest BCUT2D eigenvalue weighted by Gasteiger charge is -2.34. The molecule has 0 spiro atoms. The molecule has 0 saturated carbocycles. The van der Waals surface area contributed by atoms with Gasteiger partial charge in [0.1, 0.15) is 11.6 Å². The highest BCUT2D eigenvalue weighted by Crippen LogP contribution is 2.25. The molecule has 1 saturated heterocycles. The number of hydrogen-bond acceptors (Lipinski definition) is 4. The number of sulfonamides is 1. The molecule has 5 nitrogen and oxygen atoms in total. The number of halogens is 2. The Bertz CT molecular complexity index is 867. The molecular weight excluding hydrogens is 423 g/mol. The SMILES string of the molecule is COc1ccc(Br)cc1CN1CCN(S(=O)(=O)c2ccc(F)cc2)CC1. The lowest BCUT2D eigenvalue weighted by molar-refractivity contribution is 0.180. The van der Waals surface area contributed by atoms with Crippen LogP contribution in [0.3, 0.4) is 0 Å². The monoisotopic (exact) mass is 442 g/mol. The van der Waals surface area contributed by atoms with Crippen molar-refractivity contribution < 1.29 is 17.5 Å². The van der Waals surface area contributed by atoms with Crippen LogP contribution >= 0.6 is 15.9 Å². The zero-order chi connectivity index (χ0) is 18.7. The lowest BCUT2D eigenvalue weighted by Crippen LogP contribution is -2.48. The molecular formula is C18H20BrFN2O3S. The minimum atomic E-state index is -3.59. The fourth-order valence-corrected chi connectivity index (χ4v) is 4.83. The summed E-state index contributed by atoms with van der Waals surface area (Å²) in [6, 6.07) is 10.8. The van der Waals surface area contributed by atoms with E-state index in [2.05, 4.69) is 20.8 Å². The molecule has 2 aromatic rings. The molecule has 1 aliphatic heterocycles. The molecule has 0 unspecified atom stereocenters. The van der Waals surface area contributed by atoms with Gasteiger partial charge in [-0.15, -0.1) is 0 Å². The number of hydrogen-bond donors (Lipinski definition) is 0. The van der Waals surface area contributed by atoms with Gasteiger partial charge in [0.2, 0.25) is 10.0 Å². The maximum absolute atomic E-state index is 13.0. The largest absolute Gasteiger partial charge is 0.496 e. The van der Waals surface area contributed by atoms with Gasteiger partial charge in [-0.1, -0.05) is 15.9 Å². The summed E-state index contributed by atoms with van der Waals surface area (Å²) in [7, 11) is -1.95. The highest BCUT2D eigenvalue weighted by molar-refractivity contribution is 9.10. The maximum atomic E-state index is 13.0. The van der Waals surface area contributed by atoms with E-state index in [1.54, 1.807) is 7.11 Å². The van der Waals surface area contributed by atoms with Crippen LogP contribution < -0.4 is 4.74 Å². The molecule has 1 heterocycles. The predicted molar refractivity (Wildman–Crippen MR) is 101 cm³/mol. The fourth-order valence-electron chi connectivity index (χ4n) is 3.00. The second-order valence-corrected chi connectivity index (χ2v) is 8.94. The highest BCUT2D eigenvalue weighted by atomic mass is 79.9. The maximum Gasteiger partial charge on any atom is 0.243 e. The number of nitrogens with zero attached hydrogens (tertiary/aromatic N) is 2. The average molecular weight is 443 g/mol. The summed E-state index contributed by atoms with van der Waals surface area (Å²) >= 11 is 3.47. The van der Waals surface area contributed by atoms with Crippen LogP contribution in [-0.2, 0) is 16.6 Å². The Morgan fingerprint density at radius 3 is 2.35 bits per heavy atom. The van der Waals surface area contributed by atoms with Crippen molar-refractivity contribution in [3.63, 3.8) is 0 Å². The Hall–Kier alpha value is -1.48. The van der Waals surface area contributed by atoms with Gasteiger partial charge >= 0.3 is 0 Å². The first-order valence-electron chi connectivity index (χ1n) is 8.20. The number of methoxy groups -OCH3 is 1. The molecule has 0 bridgehead atoms. The summed E-state index contributed by atoms with van der Waals surface area (Å²) in [5, 5.41) is 0. The van der Waals surface area contributed by atoms with E-state index in [1.165, 1.54) is 28.6 Å². The van der Waals surface area contributed by atoms with E-state index in [4.69, 9.17) is 4.74 Å². The van der Waals surface area contributed by atoms with Gasteiger partial charge in [0, 0.05) is 42.8 Å². The van der Waals surface area contributed by atoms with E-state index in [0.29, 0.717) is 32.7 Å². The van der Waals surface area contributed by atoms with Crippen LogP contribution in [0.2, 0.25) is 0 Å². The van der Waals surface area contributed by atoms with Gasteiger partial charge in [-0.25, -0.2) is 12.8 Å². The van der Waals surface area contributed by atoms with Crippen LogP contribution in [0.4, 0.5) is 4.39 Å². The van der Waals surface area contributed by atoms with Crippen LogP contribution in [0.1, 0.15) is 5.56 Å². The van der Waals surface area contributed by atoms with Gasteiger partial charge in [0.15, 0.2) is 0 Å². The third kappa shape index (κ3) is 4.25. The van der Waals surface area contributed by atoms with Crippen LogP contribution in [0, 0.1) is 5.82 Å². The fraction of sp³-hybridized carbons (Fsp3) is 0.333. The number of benzene rings is 2. The predicted octanol–water partition coefficient (Wildman–Crippen LogP) is 3.10. The first-order valence-corrected chi connectivity index (χ1v) is 10.4. The van der Waals surface area contributed by atoms with Crippen molar-refractivity contribution in [3.05, 3.63) is 58.3 Å². The molecule has 8 heteroatoms. The van der Waals surface area contributed by atoms with Crippen molar-refractivity contribution in [3.8, 4) is 5.75 Å². The van der Waals surface area contributed by atoms with E-state index < -0.39 is 15.8 Å². The lowest BCUT2D eigenvalue weighted by atomic mass is 10.2. The van der Waals surface area contributed by atoms with Gasteiger partial charge in [-0.2, -0.15) is 4.31 Å². The summed E-state index contributed by atoms with van der Waals surface area (Å²) < 4.78 is 46.2. The van der Waals surface area contributed by atoms with Gasteiger partial charge in [0.05, 0.1) is 12.0 Å². The van der Waals surface area contributed by atoms with E-state index in [9.17, 15) is 12.8 Å². The second-order valence-electron chi connectivity index (χ2n) is 6.09. The number of rotatable bonds is 5. The minimum Gasteiger partial charge on any atom is -0.496 e. The van der Waals surface area contributed by atoms with Crippen LogP contribution in [0.15, 0.2) is 51.8 Å². The molecule has 0 radical (unpaired) electrons. The summed E-state index contributed by atoms with van der Waals surface area (Å²) in [5.74, 6) is 0.367. The summed E-state index contributed by atoms with van der Waals surface area (Å²) in [4.78, 5) is 2.32. The van der Waals surface area contributed by atoms with Crippen molar-refractivity contribution >= 4 is 26.0 Å². The number of ether oxygens (including phenoxy) is 1. The van der Waals surface area contributed by atoms with Crippen molar-refractivity contribution in [2.45, 2.75) is 11.4 Å². The zero-order valence-electron chi connectivity index (χ0n) is 14.4. The van der Waals surface area contributed by atoms with Crippen molar-refractivity contribution in [2.75, 3.05) is 33.3 Å². The molecule has 1 aliphatic rings. The van der Waals surface area contributed by atoms with E-state index >= 15 is 0 Å². The van der Waals surface area contributed by atoms with E-state index in [0.717, 1.165) is 15.8 Å². The second kappa shape index (κ2) is 8.04. The van der Waals surface area contributed by atoms with Gasteiger partial charge in [-0.3, -0.25) is 4.90 Å². The summed E-state index contributed by atoms with van der Waals surface area (Å²) in [6.45, 7) is 2.73. The standard InChI is InChI=1S/C18H20BrFN2O3S/c1-25-18-7-2-15(19)12-14(18)13-21-8-10-22(11-9-21)26(23,24)17-5-3-16(20)4-6-17/h2-7,12H,8-11,13H2,1H3. The molecule has 3 rings (SSSR count). The Labute approximate surface area is 161 Å². The Morgan fingerprint density at radius 2 is 1.73 bits per heavy atom. The molecule has 0 atom stereocenters. The molecule has 140 valence electrons. The van der Waals surface area contributed by atoms with Crippen LogP contribution in [0.5, 0.6) is 5.75 Å². The molecule has 26 heavy (non-hydrogen) atoms. The van der Waals surface area contributed by atoms with Gasteiger partial charge < -0.3 is 4.74 Å². The minimum absolute atomic E-state index is 0.126. The zero-order valence-corrected chi connectivity index (χ0v) is 16.8. The third-order valence-electron chi connectivity index (χ3n) is 4.42. The molecule has 0 amide bonds. The normalized spacial score (nSPS) is 16.6. The summed E-state index contributed by atoms with van der Waals surface area (Å²) in [5.41, 5.74) is 1.05. The average Bonchev–Trinajstić information content (AvgIpc) is 2.63. The van der Waals surface area contributed by atoms with E-state index in [1.807, 2.05) is 18.2 Å². The molecule has 1 fully saturated rings. The third-order valence-corrected chi connectivity index (χ3v) is 6.83. The topological polar surface area (TPSA) is 49.9 Å². The Balaban J connectivity index is 1.66. The molecule has 0 aromatic heterocycles. The highest BCUT2D eigenvalue weighted by Gasteiger charge is 2.28. The van der Waals surface area contributed by atoms with E-state index in [-0.39, 0.29) is 4.90 Å². The quantitative estimate of drug-likeness (QED) is 0.713. The van der Waals surface area contributed by atoms with Crippen molar-refractivity contribution in [1.29, 1.82) is 0 Å². The molecule has 0 N–H and O–H groups in total. The number of piperazine rings is 1.